The van der Waals surface area contributed by atoms with E-state index in [1.165, 1.54) is 0 Å². The van der Waals surface area contributed by atoms with Crippen molar-refractivity contribution in [1.29, 1.82) is 0 Å². The van der Waals surface area contributed by atoms with E-state index in [-0.39, 0.29) is 6.54 Å². The fraction of sp³-hybridized carbons (Fsp3) is 0.333. The molecule has 0 radical (unpaired) electrons. The normalized spacial score (nSPS) is 6.12. The standard InChI is InChI=1S/C2H5NO2.CH3NS/c3-1-2(4)5;2-1-3/h1,3H2,(H,4,5);1H,(H2,2,3). The van der Waals surface area contributed by atoms with Crippen LogP contribution in [-0.4, -0.2) is 23.1 Å². The zero-order valence-corrected chi connectivity index (χ0v) is 5.02. The van der Waals surface area contributed by atoms with E-state index in [1.54, 1.807) is 0 Å². The predicted octanol–water partition coefficient (Wildman–Crippen LogP) is -1.07. The monoisotopic (exact) mass is 136 g/mol. The molecule has 0 aromatic heterocycles. The van der Waals surface area contributed by atoms with E-state index in [2.05, 4.69) is 23.7 Å². The Labute approximate surface area is 52.5 Å². The van der Waals surface area contributed by atoms with Gasteiger partial charge in [0.1, 0.15) is 0 Å². The number of hydrogen-bond donors (Lipinski definition) is 3. The van der Waals surface area contributed by atoms with Gasteiger partial charge in [0, 0.05) is 0 Å². The Morgan fingerprint density at radius 2 is 2.00 bits per heavy atom. The molecule has 8 heavy (non-hydrogen) atoms. The van der Waals surface area contributed by atoms with Gasteiger partial charge in [-0.1, -0.05) is 12.2 Å². The van der Waals surface area contributed by atoms with Crippen LogP contribution in [0.15, 0.2) is 0 Å². The molecule has 0 atom stereocenters. The highest BCUT2D eigenvalue weighted by atomic mass is 32.1. The number of thiocarbonyl (C=S) groups is 1. The number of hydrogen-bond acceptors (Lipinski definition) is 3. The molecule has 0 aliphatic rings. The third-order valence-corrected chi connectivity index (χ3v) is 0.175. The zero-order chi connectivity index (χ0) is 6.99. The van der Waals surface area contributed by atoms with E-state index < -0.39 is 5.97 Å². The Morgan fingerprint density at radius 3 is 2.00 bits per heavy atom. The van der Waals surface area contributed by atoms with Crippen LogP contribution in [0.25, 0.3) is 0 Å². The lowest BCUT2D eigenvalue weighted by atomic mass is 10.7. The van der Waals surface area contributed by atoms with Crippen molar-refractivity contribution in [2.75, 3.05) is 6.54 Å². The maximum Gasteiger partial charge on any atom is 0.317 e. The van der Waals surface area contributed by atoms with Crippen LogP contribution in [0.2, 0.25) is 0 Å². The molecule has 0 rings (SSSR count). The largest absolute Gasteiger partial charge is 0.480 e. The molecule has 0 unspecified atom stereocenters. The van der Waals surface area contributed by atoms with Crippen LogP contribution in [0.4, 0.5) is 0 Å². The topological polar surface area (TPSA) is 89.3 Å². The molecule has 0 bridgehead atoms. The van der Waals surface area contributed by atoms with Gasteiger partial charge < -0.3 is 16.6 Å². The lowest BCUT2D eigenvalue weighted by Crippen LogP contribution is -2.10. The molecule has 0 spiro atoms. The fourth-order valence-electron chi connectivity index (χ4n) is 0. The Morgan fingerprint density at radius 1 is 1.88 bits per heavy atom. The molecule has 5 heteroatoms. The van der Waals surface area contributed by atoms with Crippen molar-refractivity contribution >= 4 is 23.7 Å². The number of carbonyl (C=O) groups is 1. The summed E-state index contributed by atoms with van der Waals surface area (Å²) in [6, 6.07) is 0. The molecule has 0 amide bonds. The molecule has 0 aliphatic heterocycles. The second-order valence-corrected chi connectivity index (χ2v) is 1.01. The third-order valence-electron chi connectivity index (χ3n) is 0.175. The quantitative estimate of drug-likeness (QED) is 0.399. The van der Waals surface area contributed by atoms with Crippen LogP contribution in [0.1, 0.15) is 0 Å². The van der Waals surface area contributed by atoms with Gasteiger partial charge in [0.2, 0.25) is 0 Å². The van der Waals surface area contributed by atoms with Gasteiger partial charge in [-0.05, 0) is 0 Å². The van der Waals surface area contributed by atoms with Crippen molar-refractivity contribution in [3.05, 3.63) is 0 Å². The highest BCUT2D eigenvalue weighted by Gasteiger charge is 1.81. The van der Waals surface area contributed by atoms with Gasteiger partial charge in [0.15, 0.2) is 0 Å². The maximum atomic E-state index is 9.24. The average molecular weight is 136 g/mol. The molecule has 48 valence electrons. The van der Waals surface area contributed by atoms with Crippen molar-refractivity contribution in [3.8, 4) is 0 Å². The summed E-state index contributed by atoms with van der Waals surface area (Å²) >= 11 is 4.05. The molecule has 0 fully saturated rings. The van der Waals surface area contributed by atoms with Gasteiger partial charge in [0.25, 0.3) is 0 Å². The number of aliphatic carboxylic acids is 1. The van der Waals surface area contributed by atoms with E-state index in [1.807, 2.05) is 0 Å². The highest BCUT2D eigenvalue weighted by molar-refractivity contribution is 7.78. The molecular weight excluding hydrogens is 128 g/mol. The molecule has 0 aromatic carbocycles. The molecule has 0 saturated carbocycles. The first-order valence-electron chi connectivity index (χ1n) is 1.76. The summed E-state index contributed by atoms with van der Waals surface area (Å²) in [6.07, 6.45) is 0. The first-order valence-corrected chi connectivity index (χ1v) is 2.23. The van der Waals surface area contributed by atoms with Crippen LogP contribution >= 0.6 is 12.2 Å². The Hall–Kier alpha value is -0.680. The van der Waals surface area contributed by atoms with E-state index >= 15 is 0 Å². The van der Waals surface area contributed by atoms with Crippen molar-refractivity contribution in [1.82, 2.24) is 0 Å². The summed E-state index contributed by atoms with van der Waals surface area (Å²) in [5.74, 6) is -0.968. The van der Waals surface area contributed by atoms with Crippen LogP contribution in [0, 0.1) is 0 Å². The zero-order valence-electron chi connectivity index (χ0n) is 4.20. The minimum absolute atomic E-state index is 0.278. The van der Waals surface area contributed by atoms with E-state index in [0.717, 1.165) is 5.49 Å². The number of carboxylic acids is 1. The fourth-order valence-corrected chi connectivity index (χ4v) is 0. The second-order valence-electron chi connectivity index (χ2n) is 0.734. The first kappa shape index (κ1) is 10.3. The minimum Gasteiger partial charge on any atom is -0.480 e. The smallest absolute Gasteiger partial charge is 0.317 e. The van der Waals surface area contributed by atoms with Gasteiger partial charge in [-0.25, -0.2) is 0 Å². The summed E-state index contributed by atoms with van der Waals surface area (Å²) in [6.45, 7) is -0.278. The van der Waals surface area contributed by atoms with E-state index in [9.17, 15) is 4.79 Å². The van der Waals surface area contributed by atoms with Gasteiger partial charge in [-0.15, -0.1) is 0 Å². The van der Waals surface area contributed by atoms with Crippen molar-refractivity contribution in [3.63, 3.8) is 0 Å². The van der Waals surface area contributed by atoms with E-state index in [0.29, 0.717) is 0 Å². The summed E-state index contributed by atoms with van der Waals surface area (Å²) in [5, 5.41) is 7.60. The Kier molecular flexibility index (Phi) is 12.4. The lowest BCUT2D eigenvalue weighted by molar-refractivity contribution is -0.135. The number of carboxylic acid groups (broad SMARTS) is 1. The second kappa shape index (κ2) is 9.58. The highest BCUT2D eigenvalue weighted by Crippen LogP contribution is 1.43. The van der Waals surface area contributed by atoms with Crippen molar-refractivity contribution < 1.29 is 9.90 Å². The first-order chi connectivity index (χ1) is 3.68. The van der Waals surface area contributed by atoms with Crippen LogP contribution in [-0.2, 0) is 4.79 Å². The van der Waals surface area contributed by atoms with Gasteiger partial charge >= 0.3 is 5.97 Å². The number of rotatable bonds is 1. The van der Waals surface area contributed by atoms with Gasteiger partial charge in [-0.3, -0.25) is 4.79 Å². The molecular formula is C3H8N2O2S. The number of nitrogens with two attached hydrogens (primary N) is 2. The minimum atomic E-state index is -0.968. The van der Waals surface area contributed by atoms with Crippen molar-refractivity contribution in [2.45, 2.75) is 0 Å². The van der Waals surface area contributed by atoms with Crippen LogP contribution in [0.3, 0.4) is 0 Å². The Balaban J connectivity index is 0. The molecule has 0 aliphatic carbocycles. The van der Waals surface area contributed by atoms with Crippen molar-refractivity contribution in [2.24, 2.45) is 11.5 Å². The maximum absolute atomic E-state index is 9.24. The predicted molar refractivity (Wildman–Crippen MR) is 34.5 cm³/mol. The molecule has 0 saturated heterocycles. The molecule has 0 heterocycles. The third kappa shape index (κ3) is 57.0. The SMILES string of the molecule is NC=S.NCC(=O)O. The summed E-state index contributed by atoms with van der Waals surface area (Å²) in [7, 11) is 0. The van der Waals surface area contributed by atoms with Gasteiger partial charge in [0.05, 0.1) is 12.0 Å². The average Bonchev–Trinajstić information content (AvgIpc) is 1.69. The lowest BCUT2D eigenvalue weighted by Gasteiger charge is -1.73. The molecule has 4 nitrogen and oxygen atoms in total. The van der Waals surface area contributed by atoms with E-state index in [4.69, 9.17) is 5.11 Å². The summed E-state index contributed by atoms with van der Waals surface area (Å²) in [5.41, 5.74) is 10.2. The molecule has 0 aromatic rings. The molecule has 5 N–H and O–H groups in total. The Bertz CT molecular complexity index is 75.7. The van der Waals surface area contributed by atoms with Crippen LogP contribution in [0.5, 0.6) is 0 Å². The van der Waals surface area contributed by atoms with Gasteiger partial charge in [-0.2, -0.15) is 0 Å². The summed E-state index contributed by atoms with van der Waals surface area (Å²) < 4.78 is 0. The summed E-state index contributed by atoms with van der Waals surface area (Å²) in [4.78, 5) is 9.24. The van der Waals surface area contributed by atoms with Crippen LogP contribution < -0.4 is 11.5 Å².